The number of ether oxygens (including phenoxy) is 4. The average Bonchev–Trinajstić information content (AvgIpc) is 2.97. The molecule has 0 radical (unpaired) electrons. The molecule has 1 spiro atoms. The van der Waals surface area contributed by atoms with E-state index in [1.54, 1.807) is 38.4 Å². The molecule has 39 heavy (non-hydrogen) atoms. The molecule has 9 heteroatoms. The van der Waals surface area contributed by atoms with Gasteiger partial charge in [-0.15, -0.1) is 0 Å². The molecular formula is C30H45N3O6. The molecule has 1 unspecified atom stereocenters. The van der Waals surface area contributed by atoms with Crippen molar-refractivity contribution >= 4 is 18.1 Å². The molecule has 2 amide bonds. The smallest absolute Gasteiger partial charge is 0.410 e. The first kappa shape index (κ1) is 29.1. The minimum Gasteiger partial charge on any atom is -0.493 e. The fraction of sp³-hybridized carbons (Fsp3) is 0.667. The Labute approximate surface area is 233 Å². The molecule has 3 fully saturated rings. The molecule has 1 atom stereocenters. The van der Waals surface area contributed by atoms with Gasteiger partial charge in [-0.3, -0.25) is 9.69 Å². The number of carbonyl (C=O) groups is 2. The van der Waals surface area contributed by atoms with Gasteiger partial charge >= 0.3 is 6.09 Å². The molecule has 3 saturated heterocycles. The van der Waals surface area contributed by atoms with Crippen LogP contribution in [-0.4, -0.2) is 99.4 Å². The molecule has 0 saturated carbocycles. The van der Waals surface area contributed by atoms with Crippen molar-refractivity contribution in [1.82, 2.24) is 14.7 Å². The monoisotopic (exact) mass is 543 g/mol. The van der Waals surface area contributed by atoms with E-state index >= 15 is 0 Å². The Bertz CT molecular complexity index is 1000. The van der Waals surface area contributed by atoms with E-state index in [1.807, 2.05) is 24.1 Å². The quantitative estimate of drug-likeness (QED) is 0.426. The van der Waals surface area contributed by atoms with Crippen molar-refractivity contribution in [2.75, 3.05) is 61.1 Å². The molecule has 0 bridgehead atoms. The Hall–Kier alpha value is -2.94. The van der Waals surface area contributed by atoms with E-state index in [2.05, 4.69) is 11.8 Å². The van der Waals surface area contributed by atoms with Crippen molar-refractivity contribution < 1.29 is 28.5 Å². The first-order valence-electron chi connectivity index (χ1n) is 14.3. The van der Waals surface area contributed by atoms with Gasteiger partial charge in [-0.05, 0) is 43.0 Å². The van der Waals surface area contributed by atoms with Crippen LogP contribution in [0.2, 0.25) is 0 Å². The van der Waals surface area contributed by atoms with Crippen LogP contribution in [0.4, 0.5) is 4.79 Å². The minimum atomic E-state index is -0.316. The summed E-state index contributed by atoms with van der Waals surface area (Å²) in [5.74, 6) is 2.05. The zero-order valence-corrected chi connectivity index (χ0v) is 24.2. The van der Waals surface area contributed by atoms with Crippen LogP contribution in [0, 0.1) is 5.92 Å². The van der Waals surface area contributed by atoms with Gasteiger partial charge in [-0.2, -0.15) is 0 Å². The summed E-state index contributed by atoms with van der Waals surface area (Å²) < 4.78 is 22.3. The second-order valence-corrected chi connectivity index (χ2v) is 11.0. The van der Waals surface area contributed by atoms with Crippen LogP contribution in [0.5, 0.6) is 17.2 Å². The average molecular weight is 544 g/mol. The number of hydrogen-bond acceptors (Lipinski definition) is 7. The molecule has 216 valence electrons. The second kappa shape index (κ2) is 12.9. The fourth-order valence-corrected chi connectivity index (χ4v) is 6.41. The van der Waals surface area contributed by atoms with E-state index in [-0.39, 0.29) is 17.6 Å². The van der Waals surface area contributed by atoms with Gasteiger partial charge in [0.1, 0.15) is 5.60 Å². The van der Waals surface area contributed by atoms with Crippen LogP contribution in [-0.2, 0) is 9.53 Å². The lowest BCUT2D eigenvalue weighted by Gasteiger charge is -2.51. The van der Waals surface area contributed by atoms with E-state index in [0.717, 1.165) is 76.8 Å². The van der Waals surface area contributed by atoms with Gasteiger partial charge in [0, 0.05) is 70.6 Å². The lowest BCUT2D eigenvalue weighted by Crippen LogP contribution is -2.60. The van der Waals surface area contributed by atoms with Crippen LogP contribution in [0.15, 0.2) is 18.2 Å². The summed E-state index contributed by atoms with van der Waals surface area (Å²) in [6.45, 7) is 6.38. The maximum atomic E-state index is 13.0. The molecule has 1 aromatic carbocycles. The number of unbranched alkanes of at least 4 members (excludes halogenated alkanes) is 1. The molecule has 3 aliphatic heterocycles. The van der Waals surface area contributed by atoms with Crippen LogP contribution in [0.3, 0.4) is 0 Å². The summed E-state index contributed by atoms with van der Waals surface area (Å²) in [5.41, 5.74) is 0.491. The zero-order valence-electron chi connectivity index (χ0n) is 24.2. The van der Waals surface area contributed by atoms with E-state index < -0.39 is 0 Å². The first-order chi connectivity index (χ1) is 18.8. The maximum Gasteiger partial charge on any atom is 0.410 e. The van der Waals surface area contributed by atoms with Gasteiger partial charge in [0.2, 0.25) is 11.7 Å². The Morgan fingerprint density at radius 1 is 1.05 bits per heavy atom. The molecule has 0 aromatic heterocycles. The highest BCUT2D eigenvalue weighted by atomic mass is 16.6. The second-order valence-electron chi connectivity index (χ2n) is 11.0. The SMILES string of the molecule is CCCCC1CN(C)C(=O)OC12CCN(C1CCN(C(=O)/C=C/c3cc(OC)c(OC)c(OC)c3)CC1)CC2. The summed E-state index contributed by atoms with van der Waals surface area (Å²) in [5, 5.41) is 0. The van der Waals surface area contributed by atoms with E-state index in [1.165, 1.54) is 6.42 Å². The van der Waals surface area contributed by atoms with Crippen molar-refractivity contribution in [3.63, 3.8) is 0 Å². The normalized spacial score (nSPS) is 22.3. The van der Waals surface area contributed by atoms with Crippen molar-refractivity contribution in [2.45, 2.75) is 63.5 Å². The minimum absolute atomic E-state index is 0.0109. The van der Waals surface area contributed by atoms with Crippen molar-refractivity contribution in [3.05, 3.63) is 23.8 Å². The van der Waals surface area contributed by atoms with Crippen LogP contribution in [0.1, 0.15) is 57.4 Å². The highest BCUT2D eigenvalue weighted by molar-refractivity contribution is 5.92. The van der Waals surface area contributed by atoms with Crippen molar-refractivity contribution in [2.24, 2.45) is 5.92 Å². The van der Waals surface area contributed by atoms with Gasteiger partial charge in [-0.25, -0.2) is 4.79 Å². The summed E-state index contributed by atoms with van der Waals surface area (Å²) in [4.78, 5) is 31.6. The molecule has 0 aliphatic carbocycles. The number of hydrogen-bond donors (Lipinski definition) is 0. The Balaban J connectivity index is 1.30. The van der Waals surface area contributed by atoms with E-state index in [0.29, 0.717) is 29.2 Å². The summed E-state index contributed by atoms with van der Waals surface area (Å²) in [6, 6.07) is 4.12. The summed E-state index contributed by atoms with van der Waals surface area (Å²) in [6.07, 6.45) is 10.4. The predicted molar refractivity (Wildman–Crippen MR) is 150 cm³/mol. The number of amides is 2. The third-order valence-corrected chi connectivity index (χ3v) is 8.79. The Morgan fingerprint density at radius 2 is 1.69 bits per heavy atom. The molecule has 9 nitrogen and oxygen atoms in total. The number of likely N-dealkylation sites (tertiary alicyclic amines) is 2. The number of rotatable bonds is 9. The maximum absolute atomic E-state index is 13.0. The number of methoxy groups -OCH3 is 3. The lowest BCUT2D eigenvalue weighted by molar-refractivity contribution is -0.130. The third-order valence-electron chi connectivity index (χ3n) is 8.79. The van der Waals surface area contributed by atoms with Gasteiger partial charge in [0.25, 0.3) is 0 Å². The largest absolute Gasteiger partial charge is 0.493 e. The fourth-order valence-electron chi connectivity index (χ4n) is 6.41. The lowest BCUT2D eigenvalue weighted by atomic mass is 9.75. The van der Waals surface area contributed by atoms with Crippen LogP contribution in [0.25, 0.3) is 6.08 Å². The summed E-state index contributed by atoms with van der Waals surface area (Å²) >= 11 is 0. The molecular weight excluding hydrogens is 498 g/mol. The van der Waals surface area contributed by atoms with Gasteiger partial charge < -0.3 is 28.7 Å². The number of carbonyl (C=O) groups excluding carboxylic acids is 2. The standard InChI is InChI=1S/C30H45N3O6/c1-6-7-8-23-21-31(2)29(35)39-30(23)13-17-32(18-14-30)24-11-15-33(16-12-24)27(34)10-9-22-19-25(36-3)28(38-5)26(20-22)37-4/h9-10,19-20,23-24H,6-8,11-18,21H2,1-5H3/b10-9+. The molecule has 0 N–H and O–H groups in total. The van der Waals surface area contributed by atoms with Crippen LogP contribution < -0.4 is 14.2 Å². The Kier molecular flexibility index (Phi) is 9.64. The van der Waals surface area contributed by atoms with Crippen molar-refractivity contribution in [1.29, 1.82) is 0 Å². The molecule has 4 rings (SSSR count). The summed E-state index contributed by atoms with van der Waals surface area (Å²) in [7, 11) is 6.57. The highest BCUT2D eigenvalue weighted by Crippen LogP contribution is 2.41. The molecule has 3 aliphatic rings. The van der Waals surface area contributed by atoms with Crippen LogP contribution >= 0.6 is 0 Å². The first-order valence-corrected chi connectivity index (χ1v) is 14.3. The number of benzene rings is 1. The number of piperidine rings is 2. The van der Waals surface area contributed by atoms with E-state index in [4.69, 9.17) is 18.9 Å². The molecule has 1 aromatic rings. The topological polar surface area (TPSA) is 80.8 Å². The molecule has 3 heterocycles. The van der Waals surface area contributed by atoms with Gasteiger partial charge in [-0.1, -0.05) is 19.8 Å². The van der Waals surface area contributed by atoms with Gasteiger partial charge in [0.05, 0.1) is 21.3 Å². The zero-order chi connectivity index (χ0) is 28.0. The van der Waals surface area contributed by atoms with E-state index in [9.17, 15) is 9.59 Å². The Morgan fingerprint density at radius 3 is 2.26 bits per heavy atom. The highest BCUT2D eigenvalue weighted by Gasteiger charge is 2.49. The number of nitrogens with zero attached hydrogens (tertiary/aromatic N) is 3. The predicted octanol–water partition coefficient (Wildman–Crippen LogP) is 4.44. The van der Waals surface area contributed by atoms with Crippen molar-refractivity contribution in [3.8, 4) is 17.2 Å². The van der Waals surface area contributed by atoms with Gasteiger partial charge in [0.15, 0.2) is 11.5 Å². The third kappa shape index (κ3) is 6.45.